The van der Waals surface area contributed by atoms with E-state index in [1.807, 2.05) is 48.5 Å². The fraction of sp³-hybridized carbons (Fsp3) is 0.194. The molecule has 16 heteroatoms. The molecule has 0 radical (unpaired) electrons. The second-order valence-electron chi connectivity index (χ2n) is 10.4. The minimum atomic E-state index is -0.679. The Labute approximate surface area is 270 Å². The van der Waals surface area contributed by atoms with Gasteiger partial charge >= 0.3 is 6.09 Å². The molecule has 47 heavy (non-hydrogen) atoms. The highest BCUT2D eigenvalue weighted by molar-refractivity contribution is 5.93. The number of aromatic nitrogens is 2. The van der Waals surface area contributed by atoms with E-state index in [0.717, 1.165) is 0 Å². The summed E-state index contributed by atoms with van der Waals surface area (Å²) >= 11 is 0. The number of carbonyl (C=O) groups is 3. The van der Waals surface area contributed by atoms with E-state index >= 15 is 0 Å². The van der Waals surface area contributed by atoms with Crippen LogP contribution in [0.2, 0.25) is 0 Å². The Morgan fingerprint density at radius 1 is 0.681 bits per heavy atom. The number of amides is 3. The van der Waals surface area contributed by atoms with Crippen molar-refractivity contribution in [3.8, 4) is 0 Å². The molecule has 16 nitrogen and oxygen atoms in total. The van der Waals surface area contributed by atoms with Gasteiger partial charge in [0.05, 0.1) is 17.9 Å². The highest BCUT2D eigenvalue weighted by Crippen LogP contribution is 2.25. The van der Waals surface area contributed by atoms with E-state index in [-0.39, 0.29) is 36.5 Å². The summed E-state index contributed by atoms with van der Waals surface area (Å²) in [5, 5.41) is 23.6. The third kappa shape index (κ3) is 13.1. The van der Waals surface area contributed by atoms with Gasteiger partial charge < -0.3 is 37.9 Å². The van der Waals surface area contributed by atoms with Crippen LogP contribution in [0.4, 0.5) is 50.8 Å². The number of nitrogens with two attached hydrogens (primary N) is 3. The first-order chi connectivity index (χ1) is 22.4. The van der Waals surface area contributed by atoms with Crippen molar-refractivity contribution in [3.05, 3.63) is 84.9 Å². The topological polar surface area (TPSA) is 250 Å². The molecule has 0 aliphatic heterocycles. The molecule has 4 rings (SSSR count). The van der Waals surface area contributed by atoms with E-state index in [0.29, 0.717) is 28.6 Å². The van der Waals surface area contributed by atoms with Crippen molar-refractivity contribution in [2.24, 2.45) is 26.2 Å². The van der Waals surface area contributed by atoms with Crippen LogP contribution >= 0.6 is 0 Å². The van der Waals surface area contributed by atoms with Crippen LogP contribution < -0.4 is 33.2 Å². The van der Waals surface area contributed by atoms with Crippen LogP contribution in [0.25, 0.3) is 0 Å². The lowest BCUT2D eigenvalue weighted by Crippen LogP contribution is -2.37. The van der Waals surface area contributed by atoms with Crippen molar-refractivity contribution in [1.29, 1.82) is 0 Å². The second-order valence-corrected chi connectivity index (χ2v) is 10.4. The van der Waals surface area contributed by atoms with E-state index in [1.54, 1.807) is 57.2 Å². The molecule has 0 aliphatic carbocycles. The van der Waals surface area contributed by atoms with E-state index in [4.69, 9.17) is 21.9 Å². The molecular weight excluding hydrogens is 604 g/mol. The average Bonchev–Trinajstić information content (AvgIpc) is 3.03. The maximum absolute atomic E-state index is 11.9. The summed E-state index contributed by atoms with van der Waals surface area (Å²) in [6, 6.07) is 24.8. The molecule has 0 bridgehead atoms. The number of hydrogen-bond acceptors (Lipinski definition) is 13. The molecule has 0 saturated carbocycles. The van der Waals surface area contributed by atoms with Crippen molar-refractivity contribution in [2.75, 3.05) is 35.2 Å². The molecule has 0 saturated heterocycles. The van der Waals surface area contributed by atoms with Gasteiger partial charge in [0.25, 0.3) is 0 Å². The van der Waals surface area contributed by atoms with Gasteiger partial charge in [0, 0.05) is 0 Å². The number of nitrogen functional groups attached to an aromatic ring is 2. The van der Waals surface area contributed by atoms with Gasteiger partial charge in [0.1, 0.15) is 35.2 Å². The summed E-state index contributed by atoms with van der Waals surface area (Å²) in [5.74, 6) is 0.0628. The SMILES string of the molecule is CC(C)(C)OC(=O)NCC(=O)Nc1ccc(N=Nc2ccccc2)c(N)n1.NCC(=O)Nc1ccc(N=Nc2ccccc2)c(N)n1. The Hall–Kier alpha value is -6.29. The fourth-order valence-electron chi connectivity index (χ4n) is 3.30. The van der Waals surface area contributed by atoms with Gasteiger partial charge in [0.2, 0.25) is 11.8 Å². The molecule has 2 heterocycles. The predicted molar refractivity (Wildman–Crippen MR) is 179 cm³/mol. The lowest BCUT2D eigenvalue weighted by molar-refractivity contribution is -0.116. The summed E-state index contributed by atoms with van der Waals surface area (Å²) < 4.78 is 5.05. The second kappa shape index (κ2) is 17.3. The van der Waals surface area contributed by atoms with E-state index in [2.05, 4.69) is 46.4 Å². The quantitative estimate of drug-likeness (QED) is 0.126. The van der Waals surface area contributed by atoms with Crippen LogP contribution in [-0.2, 0) is 14.3 Å². The number of nitrogens with zero attached hydrogens (tertiary/aromatic N) is 6. The minimum absolute atomic E-state index is 0.114. The third-order valence-electron chi connectivity index (χ3n) is 5.38. The Morgan fingerprint density at radius 3 is 1.53 bits per heavy atom. The smallest absolute Gasteiger partial charge is 0.408 e. The molecule has 0 atom stereocenters. The van der Waals surface area contributed by atoms with Crippen molar-refractivity contribution in [2.45, 2.75) is 26.4 Å². The summed E-state index contributed by atoms with van der Waals surface area (Å²) in [4.78, 5) is 42.6. The summed E-state index contributed by atoms with van der Waals surface area (Å²) in [6.07, 6.45) is -0.679. The average molecular weight is 641 g/mol. The van der Waals surface area contributed by atoms with Gasteiger partial charge in [-0.25, -0.2) is 14.8 Å². The number of pyridine rings is 2. The molecule has 0 fully saturated rings. The van der Waals surface area contributed by atoms with Gasteiger partial charge in [-0.05, 0) is 69.3 Å². The van der Waals surface area contributed by atoms with Gasteiger partial charge in [-0.15, -0.1) is 10.2 Å². The number of anilines is 4. The number of ether oxygens (including phenoxy) is 1. The zero-order valence-electron chi connectivity index (χ0n) is 26.0. The molecule has 3 amide bonds. The van der Waals surface area contributed by atoms with Crippen LogP contribution in [0.1, 0.15) is 20.8 Å². The zero-order valence-corrected chi connectivity index (χ0v) is 26.0. The lowest BCUT2D eigenvalue weighted by atomic mass is 10.2. The maximum Gasteiger partial charge on any atom is 0.408 e. The molecule has 0 aliphatic rings. The first-order valence-electron chi connectivity index (χ1n) is 14.1. The van der Waals surface area contributed by atoms with Crippen LogP contribution in [0, 0.1) is 0 Å². The lowest BCUT2D eigenvalue weighted by Gasteiger charge is -2.19. The molecule has 9 N–H and O–H groups in total. The van der Waals surface area contributed by atoms with Crippen molar-refractivity contribution < 1.29 is 19.1 Å². The number of rotatable bonds is 9. The molecule has 4 aromatic rings. The first kappa shape index (κ1) is 35.2. The standard InChI is InChI=1S/C18H22N6O3.C13H14N6O/c1-18(2,3)27-17(26)20-11-15(25)21-14-10-9-13(16(19)22-14)24-23-12-7-5-4-6-8-12;14-8-12(20)16-11-7-6-10(13(15)17-11)19-18-9-4-2-1-3-5-9/h4-10H,11H2,1-3H3,(H,20,26)(H3,19,21,22,25);1-7H,8,14H2,(H3,15,16,17,20). The largest absolute Gasteiger partial charge is 0.444 e. The third-order valence-corrected chi connectivity index (χ3v) is 5.38. The molecule has 2 aromatic carbocycles. The molecule has 2 aromatic heterocycles. The Balaban J connectivity index is 0.000000267. The van der Waals surface area contributed by atoms with Crippen LogP contribution in [-0.4, -0.2) is 46.6 Å². The molecule has 0 unspecified atom stereocenters. The molecule has 244 valence electrons. The highest BCUT2D eigenvalue weighted by atomic mass is 16.6. The first-order valence-corrected chi connectivity index (χ1v) is 14.1. The van der Waals surface area contributed by atoms with Gasteiger partial charge in [0.15, 0.2) is 11.6 Å². The Bertz CT molecular complexity index is 1710. The zero-order chi connectivity index (χ0) is 34.2. The molecular formula is C31H36N12O4. The van der Waals surface area contributed by atoms with E-state index < -0.39 is 17.6 Å². The van der Waals surface area contributed by atoms with Crippen molar-refractivity contribution >= 4 is 63.9 Å². The Kier molecular flexibility index (Phi) is 12.9. The number of azo groups is 2. The summed E-state index contributed by atoms with van der Waals surface area (Å²) in [6.45, 7) is 4.82. The highest BCUT2D eigenvalue weighted by Gasteiger charge is 2.17. The summed E-state index contributed by atoms with van der Waals surface area (Å²) in [7, 11) is 0. The predicted octanol–water partition coefficient (Wildman–Crippen LogP) is 5.52. The number of benzene rings is 2. The van der Waals surface area contributed by atoms with Gasteiger partial charge in [-0.3, -0.25) is 9.59 Å². The van der Waals surface area contributed by atoms with E-state index in [1.165, 1.54) is 0 Å². The van der Waals surface area contributed by atoms with Crippen LogP contribution in [0.3, 0.4) is 0 Å². The number of carbonyl (C=O) groups excluding carboxylic acids is 3. The van der Waals surface area contributed by atoms with Crippen LogP contribution in [0.5, 0.6) is 0 Å². The normalized spacial score (nSPS) is 11.0. The Morgan fingerprint density at radius 2 is 1.13 bits per heavy atom. The van der Waals surface area contributed by atoms with E-state index in [9.17, 15) is 14.4 Å². The van der Waals surface area contributed by atoms with Crippen molar-refractivity contribution in [1.82, 2.24) is 15.3 Å². The number of hydrogen-bond donors (Lipinski definition) is 6. The summed E-state index contributed by atoms with van der Waals surface area (Å²) in [5.41, 5.74) is 18.4. The maximum atomic E-state index is 11.9. The molecule has 0 spiro atoms. The van der Waals surface area contributed by atoms with Crippen LogP contribution in [0.15, 0.2) is 105 Å². The van der Waals surface area contributed by atoms with Crippen molar-refractivity contribution in [3.63, 3.8) is 0 Å². The van der Waals surface area contributed by atoms with Gasteiger partial charge in [-0.2, -0.15) is 10.2 Å². The minimum Gasteiger partial charge on any atom is -0.444 e. The number of nitrogens with one attached hydrogen (secondary N) is 3. The monoisotopic (exact) mass is 640 g/mol. The fourth-order valence-corrected chi connectivity index (χ4v) is 3.30. The number of alkyl carbamates (subject to hydrolysis) is 1. The van der Waals surface area contributed by atoms with Gasteiger partial charge in [-0.1, -0.05) is 36.4 Å².